The van der Waals surface area contributed by atoms with Gasteiger partial charge < -0.3 is 4.74 Å². The van der Waals surface area contributed by atoms with Crippen LogP contribution in [0.5, 0.6) is 11.6 Å². The quantitative estimate of drug-likeness (QED) is 0.443. The van der Waals surface area contributed by atoms with E-state index in [9.17, 15) is 22.8 Å². The summed E-state index contributed by atoms with van der Waals surface area (Å²) in [5.74, 6) is -0.271. The van der Waals surface area contributed by atoms with Crippen LogP contribution >= 0.6 is 0 Å². The molecule has 3 aromatic rings. The molecule has 0 N–H and O–H groups in total. The zero-order chi connectivity index (χ0) is 20.6. The van der Waals surface area contributed by atoms with Crippen molar-refractivity contribution in [3.63, 3.8) is 0 Å². The Balaban J connectivity index is 1.51. The van der Waals surface area contributed by atoms with Crippen LogP contribution in [0.1, 0.15) is 31.8 Å². The Morgan fingerprint density at radius 2 is 1.45 bits per heavy atom. The molecule has 0 saturated heterocycles. The molecule has 0 fully saturated rings. The molecule has 0 spiro atoms. The highest BCUT2D eigenvalue weighted by atomic mass is 19.4. The SMILES string of the molecule is O=C1C(=Cc2ccc(Oc3ccc(C(F)(F)F)cn3)cc2)C(=O)c2ccccc21. The van der Waals surface area contributed by atoms with E-state index in [-0.39, 0.29) is 23.0 Å². The maximum Gasteiger partial charge on any atom is 0.417 e. The van der Waals surface area contributed by atoms with Crippen LogP contribution in [-0.2, 0) is 6.18 Å². The van der Waals surface area contributed by atoms with Crippen molar-refractivity contribution >= 4 is 17.6 Å². The van der Waals surface area contributed by atoms with Gasteiger partial charge in [0.1, 0.15) is 5.75 Å². The van der Waals surface area contributed by atoms with E-state index >= 15 is 0 Å². The number of nitrogens with zero attached hydrogens (tertiary/aromatic N) is 1. The fourth-order valence-corrected chi connectivity index (χ4v) is 2.93. The molecule has 1 heterocycles. The van der Waals surface area contributed by atoms with Gasteiger partial charge in [0.25, 0.3) is 0 Å². The number of aromatic nitrogens is 1. The van der Waals surface area contributed by atoms with Crippen LogP contribution in [0, 0.1) is 0 Å². The molecule has 1 aliphatic carbocycles. The average molecular weight is 395 g/mol. The topological polar surface area (TPSA) is 56.3 Å². The van der Waals surface area contributed by atoms with E-state index in [0.29, 0.717) is 28.6 Å². The average Bonchev–Trinajstić information content (AvgIpc) is 2.94. The predicted molar refractivity (Wildman–Crippen MR) is 98.8 cm³/mol. The molecule has 0 bridgehead atoms. The fourth-order valence-electron chi connectivity index (χ4n) is 2.93. The molecule has 144 valence electrons. The Morgan fingerprint density at radius 1 is 0.828 bits per heavy atom. The lowest BCUT2D eigenvalue weighted by Crippen LogP contribution is -2.05. The van der Waals surface area contributed by atoms with Gasteiger partial charge in [0.2, 0.25) is 5.88 Å². The van der Waals surface area contributed by atoms with Gasteiger partial charge in [-0.25, -0.2) is 4.98 Å². The van der Waals surface area contributed by atoms with E-state index in [1.165, 1.54) is 6.08 Å². The number of benzene rings is 2. The van der Waals surface area contributed by atoms with E-state index in [1.807, 2.05) is 0 Å². The molecular formula is C22H12F3NO3. The molecule has 0 saturated carbocycles. The van der Waals surface area contributed by atoms with Gasteiger partial charge in [0, 0.05) is 23.4 Å². The molecular weight excluding hydrogens is 383 g/mol. The second kappa shape index (κ2) is 7.01. The van der Waals surface area contributed by atoms with Crippen molar-refractivity contribution in [3.8, 4) is 11.6 Å². The number of carbonyl (C=O) groups excluding carboxylic acids is 2. The first-order valence-corrected chi connectivity index (χ1v) is 8.54. The summed E-state index contributed by atoms with van der Waals surface area (Å²) in [6.45, 7) is 0. The number of ether oxygens (including phenoxy) is 1. The van der Waals surface area contributed by atoms with Gasteiger partial charge in [0.15, 0.2) is 11.6 Å². The summed E-state index contributed by atoms with van der Waals surface area (Å²) in [6.07, 6.45) is -2.26. The Bertz CT molecular complexity index is 1090. The lowest BCUT2D eigenvalue weighted by atomic mass is 10.1. The highest BCUT2D eigenvalue weighted by Crippen LogP contribution is 2.31. The molecule has 4 rings (SSSR count). The van der Waals surface area contributed by atoms with Crippen LogP contribution in [-0.4, -0.2) is 16.6 Å². The van der Waals surface area contributed by atoms with E-state index in [0.717, 1.165) is 12.1 Å². The summed E-state index contributed by atoms with van der Waals surface area (Å²) in [6, 6.07) is 15.1. The van der Waals surface area contributed by atoms with Crippen LogP contribution < -0.4 is 4.74 Å². The van der Waals surface area contributed by atoms with Crippen molar-refractivity contribution in [2.75, 3.05) is 0 Å². The molecule has 4 nitrogen and oxygen atoms in total. The number of pyridine rings is 1. The van der Waals surface area contributed by atoms with Gasteiger partial charge in [-0.3, -0.25) is 9.59 Å². The first kappa shape index (κ1) is 18.6. The molecule has 1 aromatic heterocycles. The molecule has 0 atom stereocenters. The molecule has 2 aromatic carbocycles. The Kier molecular flexibility index (Phi) is 4.50. The number of ketones is 2. The number of hydrogen-bond acceptors (Lipinski definition) is 4. The predicted octanol–water partition coefficient (Wildman–Crippen LogP) is 5.36. The number of carbonyl (C=O) groups is 2. The van der Waals surface area contributed by atoms with Crippen molar-refractivity contribution in [2.45, 2.75) is 6.18 Å². The highest BCUT2D eigenvalue weighted by molar-refractivity contribution is 6.41. The normalized spacial score (nSPS) is 13.4. The Labute approximate surface area is 163 Å². The smallest absolute Gasteiger partial charge is 0.417 e. The van der Waals surface area contributed by atoms with Crippen LogP contribution in [0.15, 0.2) is 72.4 Å². The van der Waals surface area contributed by atoms with Gasteiger partial charge in [-0.2, -0.15) is 13.2 Å². The van der Waals surface area contributed by atoms with E-state index in [4.69, 9.17) is 4.74 Å². The first-order valence-electron chi connectivity index (χ1n) is 8.54. The minimum Gasteiger partial charge on any atom is -0.439 e. The van der Waals surface area contributed by atoms with Crippen LogP contribution in [0.2, 0.25) is 0 Å². The zero-order valence-corrected chi connectivity index (χ0v) is 14.7. The number of fused-ring (bicyclic) bond motifs is 1. The summed E-state index contributed by atoms with van der Waals surface area (Å²) in [7, 11) is 0. The Morgan fingerprint density at radius 3 is 1.97 bits per heavy atom. The lowest BCUT2D eigenvalue weighted by molar-refractivity contribution is -0.137. The highest BCUT2D eigenvalue weighted by Gasteiger charge is 2.32. The number of alkyl halides is 3. The van der Waals surface area contributed by atoms with E-state index < -0.39 is 11.7 Å². The zero-order valence-electron chi connectivity index (χ0n) is 14.7. The summed E-state index contributed by atoms with van der Waals surface area (Å²) in [5.41, 5.74) is 0.611. The van der Waals surface area contributed by atoms with Gasteiger partial charge in [-0.15, -0.1) is 0 Å². The second-order valence-electron chi connectivity index (χ2n) is 6.32. The monoisotopic (exact) mass is 395 g/mol. The number of Topliss-reactive ketones (excluding diaryl/α,β-unsaturated/α-hetero) is 2. The number of halogens is 3. The van der Waals surface area contributed by atoms with Gasteiger partial charge in [-0.05, 0) is 29.8 Å². The van der Waals surface area contributed by atoms with Gasteiger partial charge >= 0.3 is 6.18 Å². The third-order valence-corrected chi connectivity index (χ3v) is 4.38. The third kappa shape index (κ3) is 3.67. The third-order valence-electron chi connectivity index (χ3n) is 4.38. The summed E-state index contributed by atoms with van der Waals surface area (Å²) in [5, 5.41) is 0. The molecule has 7 heteroatoms. The fraction of sp³-hybridized carbons (Fsp3) is 0.0455. The van der Waals surface area contributed by atoms with Crippen LogP contribution in [0.25, 0.3) is 6.08 Å². The van der Waals surface area contributed by atoms with Crippen molar-refractivity contribution in [1.29, 1.82) is 0 Å². The minimum atomic E-state index is -4.46. The Hall–Kier alpha value is -3.74. The van der Waals surface area contributed by atoms with Crippen molar-refractivity contribution in [1.82, 2.24) is 4.98 Å². The molecule has 0 amide bonds. The molecule has 1 aliphatic rings. The number of rotatable bonds is 3. The molecule has 29 heavy (non-hydrogen) atoms. The molecule has 0 radical (unpaired) electrons. The minimum absolute atomic E-state index is 0.0145. The second-order valence-corrected chi connectivity index (χ2v) is 6.32. The molecule has 0 aliphatic heterocycles. The summed E-state index contributed by atoms with van der Waals surface area (Å²) >= 11 is 0. The van der Waals surface area contributed by atoms with Gasteiger partial charge in [-0.1, -0.05) is 36.4 Å². The number of allylic oxidation sites excluding steroid dienone is 1. The van der Waals surface area contributed by atoms with Crippen LogP contribution in [0.4, 0.5) is 13.2 Å². The van der Waals surface area contributed by atoms with Crippen molar-refractivity contribution in [2.24, 2.45) is 0 Å². The van der Waals surface area contributed by atoms with Crippen molar-refractivity contribution < 1.29 is 27.5 Å². The van der Waals surface area contributed by atoms with E-state index in [2.05, 4.69) is 4.98 Å². The van der Waals surface area contributed by atoms with Gasteiger partial charge in [0.05, 0.1) is 11.1 Å². The van der Waals surface area contributed by atoms with E-state index in [1.54, 1.807) is 48.5 Å². The standard InChI is InChI=1S/C22H12F3NO3/c23-22(24,25)14-7-10-19(26-12-14)29-15-8-5-13(6-9-15)11-18-20(27)16-3-1-2-4-17(16)21(18)28/h1-12H. The van der Waals surface area contributed by atoms with Crippen molar-refractivity contribution in [3.05, 3.63) is 94.7 Å². The first-order chi connectivity index (χ1) is 13.8. The van der Waals surface area contributed by atoms with Crippen LogP contribution in [0.3, 0.4) is 0 Å². The largest absolute Gasteiger partial charge is 0.439 e. The lowest BCUT2D eigenvalue weighted by Gasteiger charge is -2.08. The summed E-state index contributed by atoms with van der Waals surface area (Å²) in [4.78, 5) is 28.5. The molecule has 0 unspecified atom stereocenters. The maximum atomic E-state index is 12.6. The maximum absolute atomic E-state index is 12.6. The number of hydrogen-bond donors (Lipinski definition) is 0. The summed E-state index contributed by atoms with van der Waals surface area (Å²) < 4.78 is 43.1.